The Morgan fingerprint density at radius 2 is 1.00 bits per heavy atom. The summed E-state index contributed by atoms with van der Waals surface area (Å²) >= 11 is 0. The third-order valence-corrected chi connectivity index (χ3v) is 6.46. The van der Waals surface area contributed by atoms with Gasteiger partial charge in [-0.2, -0.15) is 0 Å². The number of rotatable bonds is 22. The Morgan fingerprint density at radius 1 is 0.548 bits per heavy atom. The van der Waals surface area contributed by atoms with Crippen molar-refractivity contribution < 1.29 is 4.57 Å². The van der Waals surface area contributed by atoms with E-state index in [1.807, 2.05) is 0 Å². The summed E-state index contributed by atoms with van der Waals surface area (Å²) in [5.74, 6) is 0. The highest BCUT2D eigenvalue weighted by atomic mass is 14.9. The summed E-state index contributed by atoms with van der Waals surface area (Å²) in [5.41, 5.74) is 1.51. The van der Waals surface area contributed by atoms with Crippen molar-refractivity contribution in [3.05, 3.63) is 42.2 Å². The zero-order valence-electron chi connectivity index (χ0n) is 21.3. The highest BCUT2D eigenvalue weighted by Gasteiger charge is 2.01. The third kappa shape index (κ3) is 18.2. The van der Waals surface area contributed by atoms with Gasteiger partial charge >= 0.3 is 0 Å². The van der Waals surface area contributed by atoms with Crippen LogP contribution < -0.4 is 4.57 Å². The van der Waals surface area contributed by atoms with Crippen LogP contribution in [0.4, 0.5) is 0 Å². The fourth-order valence-corrected chi connectivity index (χ4v) is 4.28. The number of nitrogens with zero attached hydrogens (tertiary/aromatic N) is 1. The van der Waals surface area contributed by atoms with Gasteiger partial charge < -0.3 is 0 Å². The van der Waals surface area contributed by atoms with Crippen molar-refractivity contribution in [2.75, 3.05) is 0 Å². The van der Waals surface area contributed by atoms with Crippen LogP contribution in [0.5, 0.6) is 0 Å². The van der Waals surface area contributed by atoms with Crippen molar-refractivity contribution in [2.24, 2.45) is 0 Å². The number of aryl methyl sites for hydroxylation is 2. The summed E-state index contributed by atoms with van der Waals surface area (Å²) in [5, 5.41) is 0. The van der Waals surface area contributed by atoms with E-state index in [1.54, 1.807) is 0 Å². The summed E-state index contributed by atoms with van der Waals surface area (Å²) < 4.78 is 2.37. The minimum atomic E-state index is 1.18. The molecule has 0 aromatic carbocycles. The molecule has 0 bridgehead atoms. The Balaban J connectivity index is 1.88. The molecular formula is C30H54N+. The van der Waals surface area contributed by atoms with Gasteiger partial charge in [-0.25, -0.2) is 4.57 Å². The summed E-state index contributed by atoms with van der Waals surface area (Å²) in [4.78, 5) is 0. The van der Waals surface area contributed by atoms with E-state index in [0.717, 1.165) is 0 Å². The molecule has 0 amide bonds. The molecule has 0 unspecified atom stereocenters. The highest BCUT2D eigenvalue weighted by molar-refractivity contribution is 5.07. The molecule has 1 aromatic heterocycles. The molecule has 0 radical (unpaired) electrons. The molecule has 1 rings (SSSR count). The van der Waals surface area contributed by atoms with Crippen LogP contribution in [0.1, 0.15) is 141 Å². The monoisotopic (exact) mass is 428 g/mol. The molecule has 1 nitrogen and oxygen atoms in total. The Labute approximate surface area is 195 Å². The molecule has 0 atom stereocenters. The Bertz CT molecular complexity index is 502. The van der Waals surface area contributed by atoms with Gasteiger partial charge in [0.2, 0.25) is 0 Å². The lowest BCUT2D eigenvalue weighted by atomic mass is 10.1. The van der Waals surface area contributed by atoms with Gasteiger partial charge in [-0.3, -0.25) is 0 Å². The molecule has 178 valence electrons. The second-order valence-electron chi connectivity index (χ2n) is 9.55. The zero-order valence-corrected chi connectivity index (χ0v) is 21.3. The number of hydrogen-bond acceptors (Lipinski definition) is 0. The predicted octanol–water partition coefficient (Wildman–Crippen LogP) is 9.52. The highest BCUT2D eigenvalue weighted by Crippen LogP contribution is 2.10. The van der Waals surface area contributed by atoms with Gasteiger partial charge in [0.15, 0.2) is 12.4 Å². The molecule has 1 aromatic rings. The zero-order chi connectivity index (χ0) is 22.2. The first-order valence-corrected chi connectivity index (χ1v) is 14.0. The number of pyridine rings is 1. The third-order valence-electron chi connectivity index (χ3n) is 6.46. The largest absolute Gasteiger partial charge is 0.205 e. The average Bonchev–Trinajstić information content (AvgIpc) is 2.79. The van der Waals surface area contributed by atoms with E-state index in [4.69, 9.17) is 0 Å². The maximum Gasteiger partial charge on any atom is 0.169 e. The topological polar surface area (TPSA) is 3.88 Å². The molecule has 0 aliphatic rings. The van der Waals surface area contributed by atoms with Crippen LogP contribution >= 0.6 is 0 Å². The van der Waals surface area contributed by atoms with Gasteiger partial charge in [0.1, 0.15) is 6.54 Å². The SMILES string of the molecule is CCCCCCCCC=CCCCCCCCC[n+]1ccc(CCCCCCC)cc1. The molecule has 31 heavy (non-hydrogen) atoms. The first-order chi connectivity index (χ1) is 15.4. The molecule has 0 saturated carbocycles. The van der Waals surface area contributed by atoms with Crippen LogP contribution in [0, 0.1) is 0 Å². The number of aromatic nitrogens is 1. The molecule has 0 saturated heterocycles. The van der Waals surface area contributed by atoms with E-state index in [0.29, 0.717) is 0 Å². The van der Waals surface area contributed by atoms with Crippen molar-refractivity contribution in [2.45, 2.75) is 149 Å². The fourth-order valence-electron chi connectivity index (χ4n) is 4.28. The number of allylic oxidation sites excluding steroid dienone is 2. The molecule has 0 aliphatic carbocycles. The normalized spacial score (nSPS) is 11.5. The predicted molar refractivity (Wildman–Crippen MR) is 139 cm³/mol. The van der Waals surface area contributed by atoms with Crippen LogP contribution in [0.2, 0.25) is 0 Å². The van der Waals surface area contributed by atoms with Gasteiger partial charge in [0, 0.05) is 18.6 Å². The van der Waals surface area contributed by atoms with E-state index in [2.05, 4.69) is 55.1 Å². The molecule has 0 N–H and O–H groups in total. The first kappa shape index (κ1) is 27.9. The van der Waals surface area contributed by atoms with Gasteiger partial charge in [-0.05, 0) is 50.5 Å². The smallest absolute Gasteiger partial charge is 0.169 e. The second-order valence-corrected chi connectivity index (χ2v) is 9.55. The molecule has 0 aliphatic heterocycles. The van der Waals surface area contributed by atoms with E-state index in [9.17, 15) is 0 Å². The van der Waals surface area contributed by atoms with E-state index in [-0.39, 0.29) is 0 Å². The molecule has 0 fully saturated rings. The molecular weight excluding hydrogens is 374 g/mol. The summed E-state index contributed by atoms with van der Waals surface area (Å²) in [6.07, 6.45) is 36.9. The van der Waals surface area contributed by atoms with Gasteiger partial charge in [0.05, 0.1) is 0 Å². The minimum absolute atomic E-state index is 1.18. The van der Waals surface area contributed by atoms with Crippen LogP contribution in [0.25, 0.3) is 0 Å². The quantitative estimate of drug-likeness (QED) is 0.0983. The van der Waals surface area contributed by atoms with Crippen molar-refractivity contribution in [1.82, 2.24) is 0 Å². The number of hydrogen-bond donors (Lipinski definition) is 0. The fraction of sp³-hybridized carbons (Fsp3) is 0.767. The molecule has 0 spiro atoms. The lowest BCUT2D eigenvalue weighted by molar-refractivity contribution is -0.697. The Morgan fingerprint density at radius 3 is 1.55 bits per heavy atom. The summed E-state index contributed by atoms with van der Waals surface area (Å²) in [7, 11) is 0. The van der Waals surface area contributed by atoms with Crippen LogP contribution in [0.15, 0.2) is 36.7 Å². The van der Waals surface area contributed by atoms with Crippen molar-refractivity contribution in [3.8, 4) is 0 Å². The average molecular weight is 429 g/mol. The standard InChI is InChI=1S/C30H54N/c1-3-5-7-9-10-11-12-13-14-15-16-17-18-19-21-23-27-31-28-25-30(26-29-31)24-22-20-8-6-4-2/h13-14,25-26,28-29H,3-12,15-24,27H2,1-2H3/q+1. The minimum Gasteiger partial charge on any atom is -0.205 e. The van der Waals surface area contributed by atoms with E-state index in [1.165, 1.54) is 141 Å². The summed E-state index contributed by atoms with van der Waals surface area (Å²) in [6, 6.07) is 4.67. The lowest BCUT2D eigenvalue weighted by Crippen LogP contribution is -2.32. The molecule has 1 heteroatoms. The number of unbranched alkanes of at least 4 members (excludes halogenated alkanes) is 16. The maximum absolute atomic E-state index is 2.43. The van der Waals surface area contributed by atoms with Crippen LogP contribution in [-0.2, 0) is 13.0 Å². The van der Waals surface area contributed by atoms with E-state index < -0.39 is 0 Å². The first-order valence-electron chi connectivity index (χ1n) is 14.0. The van der Waals surface area contributed by atoms with Crippen molar-refractivity contribution >= 4 is 0 Å². The molecule has 1 heterocycles. The van der Waals surface area contributed by atoms with Crippen molar-refractivity contribution in [1.29, 1.82) is 0 Å². The maximum atomic E-state index is 2.43. The van der Waals surface area contributed by atoms with E-state index >= 15 is 0 Å². The van der Waals surface area contributed by atoms with Gasteiger partial charge in [-0.15, -0.1) is 0 Å². The second kappa shape index (κ2) is 22.1. The van der Waals surface area contributed by atoms with Crippen molar-refractivity contribution in [3.63, 3.8) is 0 Å². The summed E-state index contributed by atoms with van der Waals surface area (Å²) in [6.45, 7) is 5.75. The van der Waals surface area contributed by atoms with Crippen LogP contribution in [0.3, 0.4) is 0 Å². The van der Waals surface area contributed by atoms with Gasteiger partial charge in [0.25, 0.3) is 0 Å². The Hall–Kier alpha value is -1.11. The lowest BCUT2D eigenvalue weighted by Gasteiger charge is -2.02. The van der Waals surface area contributed by atoms with Crippen LogP contribution in [-0.4, -0.2) is 0 Å². The van der Waals surface area contributed by atoms with Gasteiger partial charge in [-0.1, -0.05) is 103 Å². The Kier molecular flexibility index (Phi) is 19.9.